The molecule has 0 bridgehead atoms. The monoisotopic (exact) mass is 367 g/mol. The molecule has 3 rings (SSSR count). The second-order valence-corrected chi connectivity index (χ2v) is 6.68. The zero-order valence-corrected chi connectivity index (χ0v) is 15.4. The molecule has 5 nitrogen and oxygen atoms in total. The van der Waals surface area contributed by atoms with Gasteiger partial charge in [0.1, 0.15) is 5.75 Å². The van der Waals surface area contributed by atoms with Gasteiger partial charge in [-0.3, -0.25) is 4.79 Å². The van der Waals surface area contributed by atoms with Gasteiger partial charge in [0, 0.05) is 25.5 Å². The van der Waals surface area contributed by atoms with E-state index in [1.807, 2.05) is 65.4 Å². The Morgan fingerprint density at radius 3 is 2.62 bits per heavy atom. The van der Waals surface area contributed by atoms with Gasteiger partial charge in [0.15, 0.2) is 5.16 Å². The number of amides is 1. The molecule has 6 heteroatoms. The lowest BCUT2D eigenvalue weighted by Crippen LogP contribution is -2.24. The molecule has 0 saturated heterocycles. The zero-order valence-electron chi connectivity index (χ0n) is 14.6. The van der Waals surface area contributed by atoms with E-state index in [1.165, 1.54) is 11.8 Å². The Balaban J connectivity index is 1.51. The summed E-state index contributed by atoms with van der Waals surface area (Å²) in [6.07, 6.45) is 3.68. The van der Waals surface area contributed by atoms with E-state index in [9.17, 15) is 4.79 Å². The van der Waals surface area contributed by atoms with E-state index in [-0.39, 0.29) is 5.91 Å². The Morgan fingerprint density at radius 1 is 1.12 bits per heavy atom. The Bertz CT molecular complexity index is 832. The molecular formula is C20H21N3O2S. The van der Waals surface area contributed by atoms with Crippen LogP contribution in [-0.2, 0) is 17.9 Å². The maximum Gasteiger partial charge on any atom is 0.230 e. The van der Waals surface area contributed by atoms with Crippen LogP contribution in [0, 0.1) is 0 Å². The molecule has 1 heterocycles. The predicted octanol–water partition coefficient (Wildman–Crippen LogP) is 3.35. The van der Waals surface area contributed by atoms with Crippen molar-refractivity contribution in [3.8, 4) is 5.75 Å². The minimum Gasteiger partial charge on any atom is -0.497 e. The van der Waals surface area contributed by atoms with Crippen molar-refractivity contribution < 1.29 is 9.53 Å². The van der Waals surface area contributed by atoms with Crippen molar-refractivity contribution in [1.82, 2.24) is 14.9 Å². The highest BCUT2D eigenvalue weighted by Crippen LogP contribution is 2.18. The van der Waals surface area contributed by atoms with Crippen molar-refractivity contribution in [3.63, 3.8) is 0 Å². The van der Waals surface area contributed by atoms with Gasteiger partial charge < -0.3 is 14.6 Å². The van der Waals surface area contributed by atoms with Gasteiger partial charge >= 0.3 is 0 Å². The Morgan fingerprint density at radius 2 is 1.88 bits per heavy atom. The number of hydrogen-bond acceptors (Lipinski definition) is 4. The Hall–Kier alpha value is -2.73. The highest BCUT2D eigenvalue weighted by molar-refractivity contribution is 7.99. The molecule has 0 saturated carbocycles. The smallest absolute Gasteiger partial charge is 0.230 e. The van der Waals surface area contributed by atoms with Crippen molar-refractivity contribution >= 4 is 17.7 Å². The van der Waals surface area contributed by atoms with Crippen LogP contribution >= 0.6 is 11.8 Å². The van der Waals surface area contributed by atoms with E-state index < -0.39 is 0 Å². The molecule has 0 unspecified atom stereocenters. The van der Waals surface area contributed by atoms with Crippen LogP contribution in [0.25, 0.3) is 0 Å². The topological polar surface area (TPSA) is 56.2 Å². The quantitative estimate of drug-likeness (QED) is 0.621. The van der Waals surface area contributed by atoms with Gasteiger partial charge in [-0.15, -0.1) is 0 Å². The summed E-state index contributed by atoms with van der Waals surface area (Å²) in [7, 11) is 1.66. The average Bonchev–Trinajstić information content (AvgIpc) is 3.13. The fourth-order valence-electron chi connectivity index (χ4n) is 2.46. The summed E-state index contributed by atoms with van der Waals surface area (Å²) in [5, 5.41) is 3.76. The number of thioether (sulfide) groups is 1. The summed E-state index contributed by atoms with van der Waals surface area (Å²) in [6.45, 7) is 1.25. The molecular weight excluding hydrogens is 346 g/mol. The normalized spacial score (nSPS) is 10.5. The molecule has 2 aromatic carbocycles. The molecule has 26 heavy (non-hydrogen) atoms. The van der Waals surface area contributed by atoms with Crippen molar-refractivity contribution in [2.75, 3.05) is 12.9 Å². The standard InChI is InChI=1S/C20H21N3O2S/c1-25-18-9-7-17(8-10-18)14-23-12-11-21-20(23)26-15-19(24)22-13-16-5-3-2-4-6-16/h2-12H,13-15H2,1H3,(H,22,24). The highest BCUT2D eigenvalue weighted by atomic mass is 32.2. The third-order valence-corrected chi connectivity index (χ3v) is 4.86. The third-order valence-electron chi connectivity index (χ3n) is 3.85. The van der Waals surface area contributed by atoms with Gasteiger partial charge in [0.25, 0.3) is 0 Å². The molecule has 0 atom stereocenters. The lowest BCUT2D eigenvalue weighted by atomic mass is 10.2. The summed E-state index contributed by atoms with van der Waals surface area (Å²) in [4.78, 5) is 16.4. The third kappa shape index (κ3) is 5.13. The molecule has 1 amide bonds. The first-order valence-electron chi connectivity index (χ1n) is 8.32. The lowest BCUT2D eigenvalue weighted by Gasteiger charge is -2.09. The van der Waals surface area contributed by atoms with E-state index in [0.717, 1.165) is 22.0 Å². The van der Waals surface area contributed by atoms with Gasteiger partial charge in [0.2, 0.25) is 5.91 Å². The largest absolute Gasteiger partial charge is 0.497 e. The van der Waals surface area contributed by atoms with Crippen molar-refractivity contribution in [1.29, 1.82) is 0 Å². The molecule has 0 aliphatic rings. The molecule has 1 N–H and O–H groups in total. The van der Waals surface area contributed by atoms with Crippen molar-refractivity contribution in [2.24, 2.45) is 0 Å². The van der Waals surface area contributed by atoms with Crippen LogP contribution in [0.5, 0.6) is 5.75 Å². The molecule has 0 aliphatic carbocycles. The average molecular weight is 367 g/mol. The first-order valence-corrected chi connectivity index (χ1v) is 9.30. The number of methoxy groups -OCH3 is 1. The SMILES string of the molecule is COc1ccc(Cn2ccnc2SCC(=O)NCc2ccccc2)cc1. The summed E-state index contributed by atoms with van der Waals surface area (Å²) >= 11 is 1.44. The van der Waals surface area contributed by atoms with Crippen LogP contribution in [0.15, 0.2) is 72.1 Å². The van der Waals surface area contributed by atoms with Gasteiger partial charge in [0.05, 0.1) is 12.9 Å². The minimum absolute atomic E-state index is 0.00199. The van der Waals surface area contributed by atoms with Crippen molar-refractivity contribution in [2.45, 2.75) is 18.2 Å². The second-order valence-electron chi connectivity index (χ2n) is 5.74. The Labute approximate surface area is 157 Å². The van der Waals surface area contributed by atoms with Gasteiger partial charge in [-0.05, 0) is 23.3 Å². The number of rotatable bonds is 8. The molecule has 0 aliphatic heterocycles. The number of carbonyl (C=O) groups is 1. The number of ether oxygens (including phenoxy) is 1. The van der Waals surface area contributed by atoms with E-state index in [0.29, 0.717) is 18.8 Å². The zero-order chi connectivity index (χ0) is 18.2. The lowest BCUT2D eigenvalue weighted by molar-refractivity contribution is -0.118. The van der Waals surface area contributed by atoms with E-state index in [1.54, 1.807) is 13.3 Å². The second kappa shape index (κ2) is 9.10. The van der Waals surface area contributed by atoms with Crippen LogP contribution in [0.2, 0.25) is 0 Å². The highest BCUT2D eigenvalue weighted by Gasteiger charge is 2.08. The number of aromatic nitrogens is 2. The minimum atomic E-state index is -0.00199. The molecule has 1 aromatic heterocycles. The molecule has 0 fully saturated rings. The number of hydrogen-bond donors (Lipinski definition) is 1. The number of imidazole rings is 1. The maximum atomic E-state index is 12.1. The summed E-state index contributed by atoms with van der Waals surface area (Å²) in [5.74, 6) is 1.17. The number of benzene rings is 2. The summed E-state index contributed by atoms with van der Waals surface area (Å²) < 4.78 is 7.22. The fourth-order valence-corrected chi connectivity index (χ4v) is 3.25. The predicted molar refractivity (Wildman–Crippen MR) is 103 cm³/mol. The fraction of sp³-hybridized carbons (Fsp3) is 0.200. The van der Waals surface area contributed by atoms with E-state index >= 15 is 0 Å². The van der Waals surface area contributed by atoms with Gasteiger partial charge in [-0.25, -0.2) is 4.98 Å². The first-order chi connectivity index (χ1) is 12.7. The van der Waals surface area contributed by atoms with E-state index in [2.05, 4.69) is 10.3 Å². The number of nitrogens with one attached hydrogen (secondary N) is 1. The number of carbonyl (C=O) groups excluding carboxylic acids is 1. The van der Waals surface area contributed by atoms with E-state index in [4.69, 9.17) is 4.74 Å². The summed E-state index contributed by atoms with van der Waals surface area (Å²) in [5.41, 5.74) is 2.24. The van der Waals surface area contributed by atoms with Crippen LogP contribution in [-0.4, -0.2) is 28.3 Å². The van der Waals surface area contributed by atoms with Gasteiger partial charge in [-0.2, -0.15) is 0 Å². The molecule has 3 aromatic rings. The van der Waals surface area contributed by atoms with Crippen molar-refractivity contribution in [3.05, 3.63) is 78.1 Å². The van der Waals surface area contributed by atoms with Crippen LogP contribution in [0.1, 0.15) is 11.1 Å². The van der Waals surface area contributed by atoms with Crippen LogP contribution in [0.3, 0.4) is 0 Å². The van der Waals surface area contributed by atoms with Crippen LogP contribution < -0.4 is 10.1 Å². The Kier molecular flexibility index (Phi) is 6.33. The van der Waals surface area contributed by atoms with Crippen LogP contribution in [0.4, 0.5) is 0 Å². The number of nitrogens with zero attached hydrogens (tertiary/aromatic N) is 2. The molecule has 0 radical (unpaired) electrons. The molecule has 134 valence electrons. The van der Waals surface area contributed by atoms with Gasteiger partial charge in [-0.1, -0.05) is 54.2 Å². The summed E-state index contributed by atoms with van der Waals surface area (Å²) in [6, 6.07) is 17.8. The first kappa shape index (κ1) is 18.1. The molecule has 0 spiro atoms. The maximum absolute atomic E-state index is 12.1.